The van der Waals surface area contributed by atoms with Crippen LogP contribution in [0, 0.1) is 0 Å². The van der Waals surface area contributed by atoms with Gasteiger partial charge < -0.3 is 10.6 Å². The van der Waals surface area contributed by atoms with Crippen molar-refractivity contribution in [2.45, 2.75) is 6.92 Å². The molecule has 0 radical (unpaired) electrons. The SMILES string of the molecule is CC(=O)Nc1ccc(NC(=O)c2ccc(-c3ccccc3)nn2)cc1. The van der Waals surface area contributed by atoms with Crippen molar-refractivity contribution in [3.63, 3.8) is 0 Å². The number of anilines is 2. The monoisotopic (exact) mass is 332 g/mol. The zero-order chi connectivity index (χ0) is 17.6. The number of benzene rings is 2. The third-order valence-electron chi connectivity index (χ3n) is 3.43. The van der Waals surface area contributed by atoms with E-state index in [0.717, 1.165) is 5.56 Å². The first kappa shape index (κ1) is 16.3. The summed E-state index contributed by atoms with van der Waals surface area (Å²) < 4.78 is 0. The van der Waals surface area contributed by atoms with Crippen molar-refractivity contribution in [3.05, 3.63) is 72.4 Å². The van der Waals surface area contributed by atoms with E-state index in [1.807, 2.05) is 30.3 Å². The minimum atomic E-state index is -0.348. The van der Waals surface area contributed by atoms with Crippen LogP contribution in [-0.2, 0) is 4.79 Å². The summed E-state index contributed by atoms with van der Waals surface area (Å²) in [4.78, 5) is 23.2. The molecule has 2 N–H and O–H groups in total. The first-order valence-corrected chi connectivity index (χ1v) is 7.70. The molecule has 6 heteroatoms. The summed E-state index contributed by atoms with van der Waals surface area (Å²) in [6.07, 6.45) is 0. The van der Waals surface area contributed by atoms with Gasteiger partial charge in [0.15, 0.2) is 5.69 Å². The summed E-state index contributed by atoms with van der Waals surface area (Å²) in [6, 6.07) is 19.8. The van der Waals surface area contributed by atoms with Crippen LogP contribution >= 0.6 is 0 Å². The van der Waals surface area contributed by atoms with E-state index in [2.05, 4.69) is 20.8 Å². The molecule has 3 rings (SSSR count). The minimum Gasteiger partial charge on any atom is -0.326 e. The maximum Gasteiger partial charge on any atom is 0.276 e. The van der Waals surface area contributed by atoms with Crippen LogP contribution in [0.15, 0.2) is 66.7 Å². The predicted molar refractivity (Wildman–Crippen MR) is 96.2 cm³/mol. The lowest BCUT2D eigenvalue weighted by Gasteiger charge is -2.07. The van der Waals surface area contributed by atoms with Crippen LogP contribution in [0.2, 0.25) is 0 Å². The van der Waals surface area contributed by atoms with E-state index in [0.29, 0.717) is 17.1 Å². The normalized spacial score (nSPS) is 10.1. The highest BCUT2D eigenvalue weighted by Gasteiger charge is 2.09. The van der Waals surface area contributed by atoms with Crippen LogP contribution in [0.4, 0.5) is 11.4 Å². The van der Waals surface area contributed by atoms with E-state index in [1.54, 1.807) is 36.4 Å². The Labute approximate surface area is 144 Å². The fourth-order valence-corrected chi connectivity index (χ4v) is 2.25. The highest BCUT2D eigenvalue weighted by atomic mass is 16.2. The van der Waals surface area contributed by atoms with Crippen molar-refractivity contribution < 1.29 is 9.59 Å². The van der Waals surface area contributed by atoms with Crippen molar-refractivity contribution in [1.29, 1.82) is 0 Å². The molecule has 0 saturated carbocycles. The lowest BCUT2D eigenvalue weighted by Crippen LogP contribution is -2.14. The van der Waals surface area contributed by atoms with Crippen molar-refractivity contribution in [2.75, 3.05) is 10.6 Å². The zero-order valence-corrected chi connectivity index (χ0v) is 13.6. The lowest BCUT2D eigenvalue weighted by atomic mass is 10.1. The van der Waals surface area contributed by atoms with Crippen LogP contribution in [0.25, 0.3) is 11.3 Å². The summed E-state index contributed by atoms with van der Waals surface area (Å²) >= 11 is 0. The number of nitrogens with one attached hydrogen (secondary N) is 2. The van der Waals surface area contributed by atoms with Crippen LogP contribution in [0.3, 0.4) is 0 Å². The summed E-state index contributed by atoms with van der Waals surface area (Å²) in [5.41, 5.74) is 3.14. The first-order chi connectivity index (χ1) is 12.1. The Kier molecular flexibility index (Phi) is 4.80. The molecular weight excluding hydrogens is 316 g/mol. The second-order valence-electron chi connectivity index (χ2n) is 5.38. The van der Waals surface area contributed by atoms with Crippen LogP contribution in [-0.4, -0.2) is 22.0 Å². The number of carbonyl (C=O) groups excluding carboxylic acids is 2. The summed E-state index contributed by atoms with van der Waals surface area (Å²) in [5.74, 6) is -0.495. The molecule has 2 amide bonds. The van der Waals surface area contributed by atoms with Gasteiger partial charge >= 0.3 is 0 Å². The van der Waals surface area contributed by atoms with Crippen molar-refractivity contribution in [1.82, 2.24) is 10.2 Å². The Bertz CT molecular complexity index is 876. The van der Waals surface area contributed by atoms with Gasteiger partial charge in [-0.2, -0.15) is 0 Å². The fraction of sp³-hybridized carbons (Fsp3) is 0.0526. The topological polar surface area (TPSA) is 84.0 Å². The third-order valence-corrected chi connectivity index (χ3v) is 3.43. The summed E-state index contributed by atoms with van der Waals surface area (Å²) in [7, 11) is 0. The average Bonchev–Trinajstić information content (AvgIpc) is 2.64. The van der Waals surface area contributed by atoms with Crippen molar-refractivity contribution in [3.8, 4) is 11.3 Å². The first-order valence-electron chi connectivity index (χ1n) is 7.70. The molecule has 2 aromatic carbocycles. The van der Waals surface area contributed by atoms with Crippen molar-refractivity contribution in [2.24, 2.45) is 0 Å². The molecule has 6 nitrogen and oxygen atoms in total. The molecule has 0 aliphatic carbocycles. The molecule has 0 spiro atoms. The van der Waals surface area contributed by atoms with E-state index in [9.17, 15) is 9.59 Å². The van der Waals surface area contributed by atoms with E-state index in [-0.39, 0.29) is 17.5 Å². The Hall–Kier alpha value is -3.54. The minimum absolute atomic E-state index is 0.148. The Morgan fingerprint density at radius 3 is 1.96 bits per heavy atom. The van der Waals surface area contributed by atoms with E-state index in [4.69, 9.17) is 0 Å². The van der Waals surface area contributed by atoms with E-state index in [1.165, 1.54) is 6.92 Å². The Morgan fingerprint density at radius 1 is 0.760 bits per heavy atom. The van der Waals surface area contributed by atoms with Gasteiger partial charge in [0.25, 0.3) is 5.91 Å². The van der Waals surface area contributed by atoms with Gasteiger partial charge in [-0.25, -0.2) is 0 Å². The molecule has 25 heavy (non-hydrogen) atoms. The van der Waals surface area contributed by atoms with Crippen molar-refractivity contribution >= 4 is 23.2 Å². The molecule has 124 valence electrons. The van der Waals surface area contributed by atoms with Crippen LogP contribution in [0.5, 0.6) is 0 Å². The van der Waals surface area contributed by atoms with Gasteiger partial charge in [0, 0.05) is 23.9 Å². The molecule has 0 atom stereocenters. The fourth-order valence-electron chi connectivity index (χ4n) is 2.25. The van der Waals surface area contributed by atoms with Crippen LogP contribution in [0.1, 0.15) is 17.4 Å². The molecule has 0 fully saturated rings. The average molecular weight is 332 g/mol. The highest BCUT2D eigenvalue weighted by Crippen LogP contribution is 2.16. The molecule has 3 aromatic rings. The lowest BCUT2D eigenvalue weighted by molar-refractivity contribution is -0.114. The largest absolute Gasteiger partial charge is 0.326 e. The molecule has 0 aliphatic rings. The summed E-state index contributed by atoms with van der Waals surface area (Å²) in [6.45, 7) is 1.44. The smallest absolute Gasteiger partial charge is 0.276 e. The highest BCUT2D eigenvalue weighted by molar-refractivity contribution is 6.03. The molecule has 1 aromatic heterocycles. The second-order valence-corrected chi connectivity index (χ2v) is 5.38. The molecule has 0 bridgehead atoms. The van der Waals surface area contributed by atoms with E-state index >= 15 is 0 Å². The van der Waals surface area contributed by atoms with Crippen LogP contribution < -0.4 is 10.6 Å². The Balaban J connectivity index is 1.68. The number of rotatable bonds is 4. The number of aromatic nitrogens is 2. The maximum absolute atomic E-state index is 12.2. The van der Waals surface area contributed by atoms with Gasteiger partial charge in [0.2, 0.25) is 5.91 Å². The number of hydrogen-bond acceptors (Lipinski definition) is 4. The predicted octanol–water partition coefficient (Wildman–Crippen LogP) is 3.35. The van der Waals surface area contributed by atoms with Gasteiger partial charge in [-0.1, -0.05) is 30.3 Å². The molecular formula is C19H16N4O2. The Morgan fingerprint density at radius 2 is 1.40 bits per heavy atom. The zero-order valence-electron chi connectivity index (χ0n) is 13.6. The second kappa shape index (κ2) is 7.35. The quantitative estimate of drug-likeness (QED) is 0.767. The molecule has 0 unspecified atom stereocenters. The van der Waals surface area contributed by atoms with Gasteiger partial charge in [-0.15, -0.1) is 10.2 Å². The molecule has 1 heterocycles. The number of amides is 2. The van der Waals surface area contributed by atoms with Gasteiger partial charge in [0.05, 0.1) is 5.69 Å². The third kappa shape index (κ3) is 4.26. The summed E-state index contributed by atoms with van der Waals surface area (Å²) in [5, 5.41) is 13.5. The number of hydrogen-bond donors (Lipinski definition) is 2. The van der Waals surface area contributed by atoms with Gasteiger partial charge in [0.1, 0.15) is 0 Å². The van der Waals surface area contributed by atoms with Gasteiger partial charge in [-0.3, -0.25) is 9.59 Å². The van der Waals surface area contributed by atoms with Gasteiger partial charge in [-0.05, 0) is 36.4 Å². The standard InChI is InChI=1S/C19H16N4O2/c1-13(24)20-15-7-9-16(10-8-15)21-19(25)18-12-11-17(22-23-18)14-5-3-2-4-6-14/h2-12H,1H3,(H,20,24)(H,21,25). The van der Waals surface area contributed by atoms with E-state index < -0.39 is 0 Å². The molecule has 0 saturated heterocycles. The number of carbonyl (C=O) groups is 2. The number of nitrogens with zero attached hydrogens (tertiary/aromatic N) is 2. The maximum atomic E-state index is 12.2. The molecule has 0 aliphatic heterocycles.